The molecule has 1 aliphatic heterocycles. The number of ether oxygens (including phenoxy) is 1. The van der Waals surface area contributed by atoms with Gasteiger partial charge in [0.05, 0.1) is 5.56 Å². The Balaban J connectivity index is 1.99. The molecular weight excluding hydrogens is 266 g/mol. The topological polar surface area (TPSA) is 76.3 Å². The minimum Gasteiger partial charge on any atom is -0.476 e. The molecule has 1 fully saturated rings. The molecule has 1 saturated heterocycles. The van der Waals surface area contributed by atoms with Crippen LogP contribution in [-0.2, 0) is 0 Å². The van der Waals surface area contributed by atoms with Gasteiger partial charge in [0.1, 0.15) is 18.2 Å². The Morgan fingerprint density at radius 3 is 2.57 bits per heavy atom. The van der Waals surface area contributed by atoms with Crippen LogP contribution in [0.2, 0.25) is 0 Å². The van der Waals surface area contributed by atoms with E-state index in [0.29, 0.717) is 18.3 Å². The average Bonchev–Trinajstić information content (AvgIpc) is 2.49. The predicted octanol–water partition coefficient (Wildman–Crippen LogP) is 2.06. The Labute approximate surface area is 127 Å². The second-order valence-electron chi connectivity index (χ2n) is 5.91. The fraction of sp³-hybridized carbons (Fsp3) is 0.733. The van der Waals surface area contributed by atoms with Crippen molar-refractivity contribution in [3.8, 4) is 5.88 Å². The lowest BCUT2D eigenvalue weighted by Gasteiger charge is -2.26. The molecule has 0 amide bonds. The molecule has 21 heavy (non-hydrogen) atoms. The SMILES string of the molecule is Cc1c(NN)nc(C(C)C)nc1OCCN1CCCCC1. The molecule has 0 unspecified atom stereocenters. The van der Waals surface area contributed by atoms with Crippen LogP contribution in [0.4, 0.5) is 5.82 Å². The van der Waals surface area contributed by atoms with Gasteiger partial charge in [-0.05, 0) is 32.9 Å². The average molecular weight is 293 g/mol. The van der Waals surface area contributed by atoms with Gasteiger partial charge in [0.2, 0.25) is 5.88 Å². The van der Waals surface area contributed by atoms with Gasteiger partial charge in [-0.1, -0.05) is 20.3 Å². The molecule has 2 heterocycles. The quantitative estimate of drug-likeness (QED) is 0.617. The number of rotatable bonds is 6. The lowest BCUT2D eigenvalue weighted by molar-refractivity contribution is 0.179. The highest BCUT2D eigenvalue weighted by Crippen LogP contribution is 2.24. The number of nitrogens with zero attached hydrogens (tertiary/aromatic N) is 3. The van der Waals surface area contributed by atoms with E-state index >= 15 is 0 Å². The summed E-state index contributed by atoms with van der Waals surface area (Å²) in [7, 11) is 0. The Hall–Kier alpha value is -1.40. The number of nitrogen functional groups attached to an aromatic ring is 1. The number of hydrogen-bond acceptors (Lipinski definition) is 6. The minimum absolute atomic E-state index is 0.238. The van der Waals surface area contributed by atoms with Crippen LogP contribution >= 0.6 is 0 Å². The summed E-state index contributed by atoms with van der Waals surface area (Å²) >= 11 is 0. The summed E-state index contributed by atoms with van der Waals surface area (Å²) in [6, 6.07) is 0. The van der Waals surface area contributed by atoms with Crippen molar-refractivity contribution in [2.45, 2.75) is 46.0 Å². The molecule has 2 rings (SSSR count). The van der Waals surface area contributed by atoms with Crippen molar-refractivity contribution in [1.82, 2.24) is 14.9 Å². The van der Waals surface area contributed by atoms with Crippen molar-refractivity contribution in [2.75, 3.05) is 31.7 Å². The summed E-state index contributed by atoms with van der Waals surface area (Å²) in [6.45, 7) is 10.0. The highest BCUT2D eigenvalue weighted by atomic mass is 16.5. The van der Waals surface area contributed by atoms with Crippen molar-refractivity contribution in [3.63, 3.8) is 0 Å². The lowest BCUT2D eigenvalue weighted by Crippen LogP contribution is -2.33. The van der Waals surface area contributed by atoms with Crippen molar-refractivity contribution in [1.29, 1.82) is 0 Å². The molecule has 0 aliphatic carbocycles. The molecule has 118 valence electrons. The highest BCUT2D eigenvalue weighted by Gasteiger charge is 2.15. The first-order chi connectivity index (χ1) is 10.1. The van der Waals surface area contributed by atoms with E-state index in [1.807, 2.05) is 6.92 Å². The minimum atomic E-state index is 0.238. The van der Waals surface area contributed by atoms with E-state index < -0.39 is 0 Å². The van der Waals surface area contributed by atoms with Crippen molar-refractivity contribution < 1.29 is 4.74 Å². The fourth-order valence-electron chi connectivity index (χ4n) is 2.51. The van der Waals surface area contributed by atoms with Crippen molar-refractivity contribution in [3.05, 3.63) is 11.4 Å². The summed E-state index contributed by atoms with van der Waals surface area (Å²) in [4.78, 5) is 11.4. The van der Waals surface area contributed by atoms with Crippen LogP contribution in [0.1, 0.15) is 50.4 Å². The van der Waals surface area contributed by atoms with Gasteiger partial charge in [-0.15, -0.1) is 0 Å². The van der Waals surface area contributed by atoms with Gasteiger partial charge >= 0.3 is 0 Å². The van der Waals surface area contributed by atoms with E-state index in [9.17, 15) is 0 Å². The monoisotopic (exact) mass is 293 g/mol. The summed E-state index contributed by atoms with van der Waals surface area (Å²) in [5.74, 6) is 7.80. The van der Waals surface area contributed by atoms with Gasteiger partial charge in [0, 0.05) is 12.5 Å². The zero-order valence-electron chi connectivity index (χ0n) is 13.4. The lowest BCUT2D eigenvalue weighted by atomic mass is 10.1. The smallest absolute Gasteiger partial charge is 0.221 e. The first-order valence-corrected chi connectivity index (χ1v) is 7.82. The van der Waals surface area contributed by atoms with Gasteiger partial charge in [0.15, 0.2) is 0 Å². The van der Waals surface area contributed by atoms with E-state index in [2.05, 4.69) is 34.1 Å². The second kappa shape index (κ2) is 7.56. The largest absolute Gasteiger partial charge is 0.476 e. The molecule has 0 spiro atoms. The van der Waals surface area contributed by atoms with Gasteiger partial charge in [-0.3, -0.25) is 4.90 Å². The number of aromatic nitrogens is 2. The van der Waals surface area contributed by atoms with Crippen LogP contribution in [0.5, 0.6) is 5.88 Å². The van der Waals surface area contributed by atoms with Gasteiger partial charge in [0.25, 0.3) is 0 Å². The third-order valence-corrected chi connectivity index (χ3v) is 3.87. The number of piperidine rings is 1. The van der Waals surface area contributed by atoms with E-state index in [-0.39, 0.29) is 5.92 Å². The highest BCUT2D eigenvalue weighted by molar-refractivity contribution is 5.47. The fourth-order valence-corrected chi connectivity index (χ4v) is 2.51. The second-order valence-corrected chi connectivity index (χ2v) is 5.91. The van der Waals surface area contributed by atoms with E-state index in [1.165, 1.54) is 32.4 Å². The number of nitrogens with one attached hydrogen (secondary N) is 1. The Morgan fingerprint density at radius 2 is 1.95 bits per heavy atom. The zero-order chi connectivity index (χ0) is 15.2. The molecule has 0 aromatic carbocycles. The standard InChI is InChI=1S/C15H27N5O/c1-11(2)13-17-14(19-16)12(3)15(18-13)21-10-9-20-7-5-4-6-8-20/h11H,4-10,16H2,1-3H3,(H,17,18,19). The Bertz CT molecular complexity index is 458. The van der Waals surface area contributed by atoms with Crippen LogP contribution in [0.25, 0.3) is 0 Å². The van der Waals surface area contributed by atoms with Crippen LogP contribution in [0, 0.1) is 6.92 Å². The molecule has 0 atom stereocenters. The molecular formula is C15H27N5O. The van der Waals surface area contributed by atoms with Crippen LogP contribution < -0.4 is 16.0 Å². The van der Waals surface area contributed by atoms with Crippen LogP contribution in [0.15, 0.2) is 0 Å². The molecule has 1 aliphatic rings. The molecule has 3 N–H and O–H groups in total. The third-order valence-electron chi connectivity index (χ3n) is 3.87. The Morgan fingerprint density at radius 1 is 1.24 bits per heavy atom. The van der Waals surface area contributed by atoms with Gasteiger partial charge in [-0.2, -0.15) is 4.98 Å². The maximum absolute atomic E-state index is 5.88. The maximum Gasteiger partial charge on any atom is 0.221 e. The summed E-state index contributed by atoms with van der Waals surface area (Å²) < 4.78 is 5.88. The van der Waals surface area contributed by atoms with Crippen LogP contribution in [-0.4, -0.2) is 41.1 Å². The summed E-state index contributed by atoms with van der Waals surface area (Å²) in [6.07, 6.45) is 3.95. The summed E-state index contributed by atoms with van der Waals surface area (Å²) in [5.41, 5.74) is 3.49. The molecule has 0 saturated carbocycles. The van der Waals surface area contributed by atoms with Crippen molar-refractivity contribution >= 4 is 5.82 Å². The van der Waals surface area contributed by atoms with Gasteiger partial charge < -0.3 is 10.2 Å². The molecule has 0 bridgehead atoms. The molecule has 0 radical (unpaired) electrons. The van der Waals surface area contributed by atoms with Gasteiger partial charge in [-0.25, -0.2) is 10.8 Å². The molecule has 6 heteroatoms. The van der Waals surface area contributed by atoms with E-state index in [4.69, 9.17) is 10.6 Å². The third kappa shape index (κ3) is 4.28. The normalized spacial score (nSPS) is 16.2. The maximum atomic E-state index is 5.88. The van der Waals surface area contributed by atoms with E-state index in [0.717, 1.165) is 17.9 Å². The molecule has 1 aromatic heterocycles. The summed E-state index contributed by atoms with van der Waals surface area (Å²) in [5, 5.41) is 0. The zero-order valence-corrected chi connectivity index (χ0v) is 13.4. The number of hydrogen-bond donors (Lipinski definition) is 2. The van der Waals surface area contributed by atoms with Crippen LogP contribution in [0.3, 0.4) is 0 Å². The number of nitrogens with two attached hydrogens (primary N) is 1. The first-order valence-electron chi connectivity index (χ1n) is 7.82. The van der Waals surface area contributed by atoms with Crippen molar-refractivity contribution in [2.24, 2.45) is 5.84 Å². The number of likely N-dealkylation sites (tertiary alicyclic amines) is 1. The molecule has 6 nitrogen and oxygen atoms in total. The van der Waals surface area contributed by atoms with E-state index in [1.54, 1.807) is 0 Å². The Kier molecular flexibility index (Phi) is 5.76. The molecule has 1 aromatic rings. The number of anilines is 1. The number of hydrazine groups is 1. The first kappa shape index (κ1) is 16.0. The predicted molar refractivity (Wildman–Crippen MR) is 84.5 cm³/mol.